The molecule has 1 N–H and O–H groups in total. The number of methoxy groups -OCH3 is 1. The lowest BCUT2D eigenvalue weighted by atomic mass is 9.97. The average Bonchev–Trinajstić information content (AvgIpc) is 3.04. The van der Waals surface area contributed by atoms with Crippen LogP contribution in [0.1, 0.15) is 23.6 Å². The molecule has 3 aromatic rings. The van der Waals surface area contributed by atoms with E-state index in [9.17, 15) is 9.59 Å². The van der Waals surface area contributed by atoms with E-state index in [0.29, 0.717) is 35.1 Å². The number of rotatable bonds is 7. The Labute approximate surface area is 193 Å². The van der Waals surface area contributed by atoms with Gasteiger partial charge in [0.2, 0.25) is 0 Å². The number of hydrogen-bond donors (Lipinski definition) is 1. The van der Waals surface area contributed by atoms with Gasteiger partial charge in [-0.25, -0.2) is 4.90 Å². The van der Waals surface area contributed by atoms with Crippen molar-refractivity contribution in [2.75, 3.05) is 23.9 Å². The van der Waals surface area contributed by atoms with E-state index in [2.05, 4.69) is 5.32 Å². The smallest absolute Gasteiger partial charge is 0.282 e. The van der Waals surface area contributed by atoms with Gasteiger partial charge in [0.1, 0.15) is 17.2 Å². The highest BCUT2D eigenvalue weighted by Crippen LogP contribution is 2.36. The third-order valence-electron chi connectivity index (χ3n) is 5.50. The molecule has 168 valence electrons. The van der Waals surface area contributed by atoms with Crippen molar-refractivity contribution in [1.29, 1.82) is 0 Å². The van der Waals surface area contributed by atoms with Gasteiger partial charge in [-0.3, -0.25) is 9.59 Å². The number of carbonyl (C=O) groups excluding carboxylic acids is 2. The van der Waals surface area contributed by atoms with Crippen molar-refractivity contribution in [3.8, 4) is 11.5 Å². The fourth-order valence-electron chi connectivity index (χ4n) is 3.90. The molecule has 0 bridgehead atoms. The molecule has 2 amide bonds. The molecule has 0 aliphatic carbocycles. The zero-order chi connectivity index (χ0) is 23.5. The van der Waals surface area contributed by atoms with E-state index in [1.165, 1.54) is 4.90 Å². The highest BCUT2D eigenvalue weighted by Gasteiger charge is 2.40. The third kappa shape index (κ3) is 4.32. The van der Waals surface area contributed by atoms with Crippen LogP contribution in [0.3, 0.4) is 0 Å². The van der Waals surface area contributed by atoms with Crippen molar-refractivity contribution in [2.45, 2.75) is 20.8 Å². The Bertz CT molecular complexity index is 1230. The van der Waals surface area contributed by atoms with E-state index < -0.39 is 5.91 Å². The minimum atomic E-state index is -0.407. The highest BCUT2D eigenvalue weighted by atomic mass is 16.5. The summed E-state index contributed by atoms with van der Waals surface area (Å²) in [5.74, 6) is 0.607. The molecule has 0 radical (unpaired) electrons. The Morgan fingerprint density at radius 2 is 1.52 bits per heavy atom. The molecule has 6 nitrogen and oxygen atoms in total. The van der Waals surface area contributed by atoms with Crippen LogP contribution in [0.5, 0.6) is 11.5 Å². The van der Waals surface area contributed by atoms with Crippen molar-refractivity contribution in [2.24, 2.45) is 0 Å². The first-order valence-corrected chi connectivity index (χ1v) is 10.8. The molecule has 0 spiro atoms. The van der Waals surface area contributed by atoms with Gasteiger partial charge in [-0.1, -0.05) is 23.8 Å². The zero-order valence-corrected chi connectivity index (χ0v) is 19.1. The van der Waals surface area contributed by atoms with E-state index in [4.69, 9.17) is 9.47 Å². The summed E-state index contributed by atoms with van der Waals surface area (Å²) in [6.45, 7) is 6.38. The summed E-state index contributed by atoms with van der Waals surface area (Å²) < 4.78 is 10.7. The van der Waals surface area contributed by atoms with Gasteiger partial charge in [0.25, 0.3) is 11.8 Å². The number of benzene rings is 3. The first-order chi connectivity index (χ1) is 15.9. The normalized spacial score (nSPS) is 13.5. The van der Waals surface area contributed by atoms with E-state index in [1.807, 2.05) is 51.1 Å². The average molecular weight is 443 g/mol. The molecule has 0 unspecified atom stereocenters. The van der Waals surface area contributed by atoms with Crippen molar-refractivity contribution in [1.82, 2.24) is 0 Å². The van der Waals surface area contributed by atoms with Gasteiger partial charge in [-0.2, -0.15) is 0 Å². The topological polar surface area (TPSA) is 67.9 Å². The number of aryl methyl sites for hydroxylation is 2. The molecule has 0 aromatic heterocycles. The van der Waals surface area contributed by atoms with Crippen molar-refractivity contribution in [3.63, 3.8) is 0 Å². The Hall–Kier alpha value is -4.06. The molecule has 3 aromatic carbocycles. The summed E-state index contributed by atoms with van der Waals surface area (Å²) in [5, 5.41) is 3.18. The predicted octanol–water partition coefficient (Wildman–Crippen LogP) is 5.11. The summed E-state index contributed by atoms with van der Waals surface area (Å²) in [5.41, 5.74) is 4.50. The Morgan fingerprint density at radius 3 is 2.12 bits per heavy atom. The minimum absolute atomic E-state index is 0.242. The minimum Gasteiger partial charge on any atom is -0.497 e. The second-order valence-corrected chi connectivity index (χ2v) is 7.79. The standard InChI is InChI=1S/C27H26N2O4/c1-5-33-22-13-9-20(10-14-22)29-26(30)24(23-15-6-17(2)16-18(23)3)25(27(29)31)28-19-7-11-21(32-4)12-8-19/h6-16,28H,5H2,1-4H3. The maximum atomic E-state index is 13.6. The quantitative estimate of drug-likeness (QED) is 0.515. The number of nitrogens with one attached hydrogen (secondary N) is 1. The zero-order valence-electron chi connectivity index (χ0n) is 19.1. The van der Waals surface area contributed by atoms with E-state index in [-0.39, 0.29) is 11.6 Å². The van der Waals surface area contributed by atoms with Gasteiger partial charge in [-0.05, 0) is 80.4 Å². The maximum Gasteiger partial charge on any atom is 0.282 e. The number of imide groups is 1. The van der Waals surface area contributed by atoms with Crippen LogP contribution in [-0.2, 0) is 9.59 Å². The molecule has 0 saturated carbocycles. The van der Waals surface area contributed by atoms with E-state index >= 15 is 0 Å². The molecular weight excluding hydrogens is 416 g/mol. The van der Waals surface area contributed by atoms with Crippen molar-refractivity contribution < 1.29 is 19.1 Å². The fraction of sp³-hybridized carbons (Fsp3) is 0.185. The predicted molar refractivity (Wildman–Crippen MR) is 130 cm³/mol. The number of hydrogen-bond acceptors (Lipinski definition) is 5. The van der Waals surface area contributed by atoms with Gasteiger partial charge in [0.15, 0.2) is 0 Å². The molecular formula is C27H26N2O4. The molecule has 0 atom stereocenters. The molecule has 6 heteroatoms. The van der Waals surface area contributed by atoms with Gasteiger partial charge in [-0.15, -0.1) is 0 Å². The first-order valence-electron chi connectivity index (χ1n) is 10.8. The van der Waals surface area contributed by atoms with Crippen LogP contribution in [0.15, 0.2) is 72.4 Å². The van der Waals surface area contributed by atoms with Gasteiger partial charge >= 0.3 is 0 Å². The largest absolute Gasteiger partial charge is 0.497 e. The summed E-state index contributed by atoms with van der Waals surface area (Å²) >= 11 is 0. The highest BCUT2D eigenvalue weighted by molar-refractivity contribution is 6.46. The van der Waals surface area contributed by atoms with Crippen LogP contribution in [0, 0.1) is 13.8 Å². The molecule has 1 heterocycles. The molecule has 33 heavy (non-hydrogen) atoms. The van der Waals surface area contributed by atoms with Gasteiger partial charge in [0.05, 0.1) is 25.0 Å². The van der Waals surface area contributed by atoms with E-state index in [0.717, 1.165) is 16.7 Å². The lowest BCUT2D eigenvalue weighted by Gasteiger charge is -2.16. The van der Waals surface area contributed by atoms with Crippen molar-refractivity contribution in [3.05, 3.63) is 89.1 Å². The molecule has 1 aliphatic rings. The monoisotopic (exact) mass is 442 g/mol. The van der Waals surface area contributed by atoms with Crippen LogP contribution in [0.4, 0.5) is 11.4 Å². The van der Waals surface area contributed by atoms with Crippen LogP contribution < -0.4 is 19.7 Å². The second-order valence-electron chi connectivity index (χ2n) is 7.79. The summed E-state index contributed by atoms with van der Waals surface area (Å²) in [4.78, 5) is 28.4. The Kier molecular flexibility index (Phi) is 6.18. The number of nitrogens with zero attached hydrogens (tertiary/aromatic N) is 1. The Morgan fingerprint density at radius 1 is 0.848 bits per heavy atom. The summed E-state index contributed by atoms with van der Waals surface area (Å²) in [7, 11) is 1.59. The molecule has 1 aliphatic heterocycles. The lowest BCUT2D eigenvalue weighted by Crippen LogP contribution is -2.32. The number of anilines is 2. The first kappa shape index (κ1) is 22.1. The molecule has 0 saturated heterocycles. The number of ether oxygens (including phenoxy) is 2. The number of carbonyl (C=O) groups is 2. The van der Waals surface area contributed by atoms with Crippen LogP contribution in [0.25, 0.3) is 5.57 Å². The van der Waals surface area contributed by atoms with Crippen LogP contribution in [-0.4, -0.2) is 25.5 Å². The molecule has 0 fully saturated rings. The fourth-order valence-corrected chi connectivity index (χ4v) is 3.90. The Balaban J connectivity index is 1.78. The summed E-state index contributed by atoms with van der Waals surface area (Å²) in [6.07, 6.45) is 0. The summed E-state index contributed by atoms with van der Waals surface area (Å²) in [6, 6.07) is 20.0. The third-order valence-corrected chi connectivity index (χ3v) is 5.50. The lowest BCUT2D eigenvalue weighted by molar-refractivity contribution is -0.120. The second kappa shape index (κ2) is 9.20. The van der Waals surface area contributed by atoms with E-state index in [1.54, 1.807) is 43.5 Å². The number of amides is 2. The van der Waals surface area contributed by atoms with Crippen molar-refractivity contribution >= 4 is 28.8 Å². The van der Waals surface area contributed by atoms with Crippen LogP contribution in [0.2, 0.25) is 0 Å². The SMILES string of the molecule is CCOc1ccc(N2C(=O)C(Nc3ccc(OC)cc3)=C(c3ccc(C)cc3C)C2=O)cc1. The van der Waals surface area contributed by atoms with Crippen LogP contribution >= 0.6 is 0 Å². The maximum absolute atomic E-state index is 13.6. The molecule has 4 rings (SSSR count). The van der Waals surface area contributed by atoms with Gasteiger partial charge < -0.3 is 14.8 Å². The van der Waals surface area contributed by atoms with Gasteiger partial charge in [0, 0.05) is 5.69 Å².